The van der Waals surface area contributed by atoms with E-state index >= 15 is 0 Å². The van der Waals surface area contributed by atoms with Crippen molar-refractivity contribution < 1.29 is 0 Å². The van der Waals surface area contributed by atoms with E-state index in [4.69, 9.17) is 0 Å². The summed E-state index contributed by atoms with van der Waals surface area (Å²) >= 11 is 0. The highest BCUT2D eigenvalue weighted by atomic mass is 15.4. The Labute approximate surface area is 125 Å². The SMILES string of the molecule is CCCN1CCC(Nc2cc(CC)nc3ncnn23)CC1. The van der Waals surface area contributed by atoms with Crippen LogP contribution in [0.15, 0.2) is 12.4 Å². The first-order chi connectivity index (χ1) is 10.3. The number of fused-ring (bicyclic) bond motifs is 1. The summed E-state index contributed by atoms with van der Waals surface area (Å²) in [6.07, 6.45) is 6.08. The van der Waals surface area contributed by atoms with Crippen molar-refractivity contribution >= 4 is 11.6 Å². The first-order valence-corrected chi connectivity index (χ1v) is 7.98. The largest absolute Gasteiger partial charge is 0.367 e. The molecule has 0 saturated carbocycles. The molecule has 6 nitrogen and oxygen atoms in total. The number of hydrogen-bond acceptors (Lipinski definition) is 5. The highest BCUT2D eigenvalue weighted by molar-refractivity contribution is 5.45. The summed E-state index contributed by atoms with van der Waals surface area (Å²) in [4.78, 5) is 11.2. The fourth-order valence-electron chi connectivity index (χ4n) is 2.97. The van der Waals surface area contributed by atoms with Gasteiger partial charge in [-0.15, -0.1) is 0 Å². The number of likely N-dealkylation sites (tertiary alicyclic amines) is 1. The van der Waals surface area contributed by atoms with Gasteiger partial charge in [0.05, 0.1) is 0 Å². The summed E-state index contributed by atoms with van der Waals surface area (Å²) in [6.45, 7) is 7.93. The van der Waals surface area contributed by atoms with E-state index in [0.29, 0.717) is 11.8 Å². The number of rotatable bonds is 5. The smallest absolute Gasteiger partial charge is 0.254 e. The van der Waals surface area contributed by atoms with Gasteiger partial charge in [-0.05, 0) is 32.2 Å². The second kappa shape index (κ2) is 6.39. The summed E-state index contributed by atoms with van der Waals surface area (Å²) in [5.74, 6) is 1.70. The molecule has 0 spiro atoms. The van der Waals surface area contributed by atoms with E-state index in [0.717, 1.165) is 17.9 Å². The van der Waals surface area contributed by atoms with Gasteiger partial charge in [0.15, 0.2) is 0 Å². The maximum Gasteiger partial charge on any atom is 0.254 e. The average Bonchev–Trinajstić information content (AvgIpc) is 2.98. The van der Waals surface area contributed by atoms with E-state index in [9.17, 15) is 0 Å². The minimum atomic E-state index is 0.512. The van der Waals surface area contributed by atoms with Crippen LogP contribution in [0.3, 0.4) is 0 Å². The van der Waals surface area contributed by atoms with Crippen LogP contribution in [0, 0.1) is 0 Å². The summed E-state index contributed by atoms with van der Waals surface area (Å²) in [5.41, 5.74) is 1.06. The van der Waals surface area contributed by atoms with Crippen LogP contribution in [0.25, 0.3) is 5.78 Å². The molecular formula is C15H24N6. The molecule has 114 valence electrons. The third-order valence-corrected chi connectivity index (χ3v) is 4.15. The molecule has 1 saturated heterocycles. The minimum absolute atomic E-state index is 0.512. The number of nitrogens with one attached hydrogen (secondary N) is 1. The Hall–Kier alpha value is -1.69. The zero-order chi connectivity index (χ0) is 14.7. The van der Waals surface area contributed by atoms with Crippen molar-refractivity contribution in [2.24, 2.45) is 0 Å². The van der Waals surface area contributed by atoms with Crippen LogP contribution in [0.4, 0.5) is 5.82 Å². The van der Waals surface area contributed by atoms with Crippen LogP contribution in [0.5, 0.6) is 0 Å². The molecule has 1 fully saturated rings. The highest BCUT2D eigenvalue weighted by Crippen LogP contribution is 2.18. The summed E-state index contributed by atoms with van der Waals surface area (Å²) in [5, 5.41) is 7.92. The Kier molecular flexibility index (Phi) is 4.34. The normalized spacial score (nSPS) is 17.4. The molecular weight excluding hydrogens is 264 g/mol. The van der Waals surface area contributed by atoms with Crippen LogP contribution >= 0.6 is 0 Å². The van der Waals surface area contributed by atoms with E-state index in [2.05, 4.69) is 45.2 Å². The average molecular weight is 288 g/mol. The topological polar surface area (TPSA) is 58.3 Å². The molecule has 2 aromatic rings. The molecule has 1 N–H and O–H groups in total. The lowest BCUT2D eigenvalue weighted by Gasteiger charge is -2.32. The summed E-state index contributed by atoms with van der Waals surface area (Å²) in [6, 6.07) is 2.61. The van der Waals surface area contributed by atoms with Crippen LogP contribution in [-0.2, 0) is 6.42 Å². The zero-order valence-electron chi connectivity index (χ0n) is 12.9. The third-order valence-electron chi connectivity index (χ3n) is 4.15. The standard InChI is InChI=1S/C15H24N6/c1-3-7-20-8-5-13(6-9-20)18-14-10-12(4-2)19-15-16-11-17-21(14)15/h10-11,13,18H,3-9H2,1-2H3. The van der Waals surface area contributed by atoms with Crippen molar-refractivity contribution in [2.75, 3.05) is 25.0 Å². The molecule has 0 aromatic carbocycles. The molecule has 0 amide bonds. The van der Waals surface area contributed by atoms with Crippen molar-refractivity contribution in [3.05, 3.63) is 18.1 Å². The van der Waals surface area contributed by atoms with Crippen molar-refractivity contribution in [1.29, 1.82) is 0 Å². The van der Waals surface area contributed by atoms with Gasteiger partial charge in [0.1, 0.15) is 12.1 Å². The molecule has 0 aliphatic carbocycles. The van der Waals surface area contributed by atoms with Crippen molar-refractivity contribution in [3.63, 3.8) is 0 Å². The molecule has 3 rings (SSSR count). The van der Waals surface area contributed by atoms with E-state index in [-0.39, 0.29) is 0 Å². The fourth-order valence-corrected chi connectivity index (χ4v) is 2.97. The van der Waals surface area contributed by atoms with E-state index in [1.165, 1.54) is 38.9 Å². The molecule has 0 unspecified atom stereocenters. The first kappa shape index (κ1) is 14.3. The maximum atomic E-state index is 4.48. The van der Waals surface area contributed by atoms with Crippen LogP contribution in [0.1, 0.15) is 38.8 Å². The summed E-state index contributed by atoms with van der Waals surface area (Å²) < 4.78 is 1.80. The van der Waals surface area contributed by atoms with Crippen molar-refractivity contribution in [3.8, 4) is 0 Å². The maximum absolute atomic E-state index is 4.48. The first-order valence-electron chi connectivity index (χ1n) is 7.98. The lowest BCUT2D eigenvalue weighted by molar-refractivity contribution is 0.219. The molecule has 0 radical (unpaired) electrons. The lowest BCUT2D eigenvalue weighted by atomic mass is 10.0. The number of aromatic nitrogens is 4. The van der Waals surface area contributed by atoms with Gasteiger partial charge in [0.25, 0.3) is 5.78 Å². The molecule has 1 aliphatic rings. The van der Waals surface area contributed by atoms with Gasteiger partial charge in [-0.3, -0.25) is 0 Å². The van der Waals surface area contributed by atoms with Crippen molar-refractivity contribution in [1.82, 2.24) is 24.5 Å². The minimum Gasteiger partial charge on any atom is -0.367 e. The molecule has 21 heavy (non-hydrogen) atoms. The van der Waals surface area contributed by atoms with Crippen molar-refractivity contribution in [2.45, 2.75) is 45.6 Å². The quantitative estimate of drug-likeness (QED) is 0.911. The second-order valence-corrected chi connectivity index (χ2v) is 5.72. The lowest BCUT2D eigenvalue weighted by Crippen LogP contribution is -2.39. The van der Waals surface area contributed by atoms with Gasteiger partial charge < -0.3 is 10.2 Å². The molecule has 0 bridgehead atoms. The van der Waals surface area contributed by atoms with Gasteiger partial charge in [-0.25, -0.2) is 4.98 Å². The zero-order valence-corrected chi connectivity index (χ0v) is 12.9. The van der Waals surface area contributed by atoms with Gasteiger partial charge in [0.2, 0.25) is 0 Å². The van der Waals surface area contributed by atoms with E-state index in [1.807, 2.05) is 0 Å². The molecule has 6 heteroatoms. The molecule has 2 aromatic heterocycles. The van der Waals surface area contributed by atoms with Gasteiger partial charge >= 0.3 is 0 Å². The number of piperidine rings is 1. The fraction of sp³-hybridized carbons (Fsp3) is 0.667. The predicted octanol–water partition coefficient (Wildman–Crippen LogP) is 1.97. The number of nitrogens with zero attached hydrogens (tertiary/aromatic N) is 5. The Morgan fingerprint density at radius 1 is 1.29 bits per heavy atom. The van der Waals surface area contributed by atoms with E-state index in [1.54, 1.807) is 10.8 Å². The Morgan fingerprint density at radius 2 is 2.10 bits per heavy atom. The number of aryl methyl sites for hydroxylation is 1. The van der Waals surface area contributed by atoms with Gasteiger partial charge in [-0.2, -0.15) is 14.6 Å². The van der Waals surface area contributed by atoms with Crippen LogP contribution in [0.2, 0.25) is 0 Å². The Bertz CT molecular complexity index is 585. The molecule has 3 heterocycles. The van der Waals surface area contributed by atoms with Crippen LogP contribution < -0.4 is 5.32 Å². The van der Waals surface area contributed by atoms with Gasteiger partial charge in [0, 0.05) is 30.9 Å². The monoisotopic (exact) mass is 288 g/mol. The summed E-state index contributed by atoms with van der Waals surface area (Å²) in [7, 11) is 0. The predicted molar refractivity (Wildman–Crippen MR) is 83.5 cm³/mol. The Morgan fingerprint density at radius 3 is 2.81 bits per heavy atom. The highest BCUT2D eigenvalue weighted by Gasteiger charge is 2.19. The molecule has 0 atom stereocenters. The van der Waals surface area contributed by atoms with Gasteiger partial charge in [-0.1, -0.05) is 13.8 Å². The molecule has 1 aliphatic heterocycles. The third kappa shape index (κ3) is 3.15. The van der Waals surface area contributed by atoms with E-state index < -0.39 is 0 Å². The number of anilines is 1. The van der Waals surface area contributed by atoms with Crippen LogP contribution in [-0.4, -0.2) is 50.2 Å². The Balaban J connectivity index is 1.72. The number of hydrogen-bond donors (Lipinski definition) is 1. The second-order valence-electron chi connectivity index (χ2n) is 5.72.